The number of hydrogen-bond donors (Lipinski definition) is 1. The lowest BCUT2D eigenvalue weighted by atomic mass is 10.2. The number of rotatable bonds is 9. The summed E-state index contributed by atoms with van der Waals surface area (Å²) in [5, 5.41) is 2.46. The molecule has 0 radical (unpaired) electrons. The molecular weight excluding hydrogens is 459 g/mol. The zero-order chi connectivity index (χ0) is 25.0. The zero-order valence-electron chi connectivity index (χ0n) is 19.6. The lowest BCUT2D eigenvalue weighted by Crippen LogP contribution is -2.34. The van der Waals surface area contributed by atoms with Crippen LogP contribution in [0.25, 0.3) is 22.3 Å². The lowest BCUT2D eigenvalue weighted by Gasteiger charge is -2.26. The predicted molar refractivity (Wildman–Crippen MR) is 129 cm³/mol. The van der Waals surface area contributed by atoms with Crippen molar-refractivity contribution in [2.75, 3.05) is 38.8 Å². The van der Waals surface area contributed by atoms with Crippen LogP contribution in [-0.4, -0.2) is 54.6 Å². The van der Waals surface area contributed by atoms with E-state index in [2.05, 4.69) is 10.3 Å². The predicted octanol–water partition coefficient (Wildman–Crippen LogP) is 4.94. The number of alkyl halides is 3. The minimum atomic E-state index is -4.28. The molecule has 0 saturated carbocycles. The van der Waals surface area contributed by atoms with Crippen molar-refractivity contribution in [3.63, 3.8) is 0 Å². The Kier molecular flexibility index (Phi) is 7.11. The third-order valence-electron chi connectivity index (χ3n) is 5.45. The Balaban J connectivity index is 1.71. The van der Waals surface area contributed by atoms with Gasteiger partial charge in [-0.15, -0.1) is 0 Å². The number of fused-ring (bicyclic) bond motifs is 1. The number of hydrogen-bond acceptors (Lipinski definition) is 6. The lowest BCUT2D eigenvalue weighted by molar-refractivity contribution is -0.124. The highest BCUT2D eigenvalue weighted by atomic mass is 19.4. The molecule has 4 aromatic rings. The molecule has 0 fully saturated rings. The van der Waals surface area contributed by atoms with Gasteiger partial charge in [-0.2, -0.15) is 13.2 Å². The number of aryl methyl sites for hydroxylation is 1. The second-order valence-electron chi connectivity index (χ2n) is 8.01. The van der Waals surface area contributed by atoms with Gasteiger partial charge in [0.25, 0.3) is 0 Å². The third-order valence-corrected chi connectivity index (χ3v) is 5.45. The smallest absolute Gasteiger partial charge is 0.401 e. The molecule has 0 aliphatic heterocycles. The van der Waals surface area contributed by atoms with E-state index in [1.54, 1.807) is 26.5 Å². The van der Waals surface area contributed by atoms with Crippen LogP contribution in [0.5, 0.6) is 11.5 Å². The van der Waals surface area contributed by atoms with Gasteiger partial charge in [0.15, 0.2) is 0 Å². The van der Waals surface area contributed by atoms with E-state index in [4.69, 9.17) is 14.5 Å². The summed E-state index contributed by atoms with van der Waals surface area (Å²) < 4.78 is 50.7. The standard InChI is InChI=1S/C25H26F3N5O2/c1-32-8-6-17(15-32)24-14-30-22-5-4-18(12-23(22)31-24)33(9-7-29-16-25(26,27)28)19-10-20(34-2)13-21(11-19)35-3/h4-6,8,10-15,29H,7,9,16H2,1-3H3. The van der Waals surface area contributed by atoms with Crippen LogP contribution in [0.15, 0.2) is 61.1 Å². The first-order valence-corrected chi connectivity index (χ1v) is 10.9. The van der Waals surface area contributed by atoms with Gasteiger partial charge in [0.05, 0.1) is 43.7 Å². The fourth-order valence-corrected chi connectivity index (χ4v) is 3.74. The summed E-state index contributed by atoms with van der Waals surface area (Å²) >= 11 is 0. The maximum absolute atomic E-state index is 12.7. The number of ether oxygens (including phenoxy) is 2. The van der Waals surface area contributed by atoms with Crippen LogP contribution in [-0.2, 0) is 7.05 Å². The Labute approximate surface area is 201 Å². The summed E-state index contributed by atoms with van der Waals surface area (Å²) in [5.41, 5.74) is 4.52. The van der Waals surface area contributed by atoms with Gasteiger partial charge < -0.3 is 24.3 Å². The number of aromatic nitrogens is 3. The molecule has 184 valence electrons. The fourth-order valence-electron chi connectivity index (χ4n) is 3.74. The van der Waals surface area contributed by atoms with E-state index in [-0.39, 0.29) is 13.1 Å². The highest BCUT2D eigenvalue weighted by Crippen LogP contribution is 2.34. The van der Waals surface area contributed by atoms with E-state index in [1.807, 2.05) is 65.3 Å². The molecule has 0 amide bonds. The first kappa shape index (κ1) is 24.3. The van der Waals surface area contributed by atoms with Crippen LogP contribution >= 0.6 is 0 Å². The van der Waals surface area contributed by atoms with Gasteiger partial charge in [-0.1, -0.05) is 0 Å². The summed E-state index contributed by atoms with van der Waals surface area (Å²) in [6.07, 6.45) is 1.34. The van der Waals surface area contributed by atoms with E-state index < -0.39 is 12.7 Å². The molecule has 35 heavy (non-hydrogen) atoms. The quantitative estimate of drug-likeness (QED) is 0.339. The number of methoxy groups -OCH3 is 2. The highest BCUT2D eigenvalue weighted by molar-refractivity contribution is 5.82. The van der Waals surface area contributed by atoms with Gasteiger partial charge in [-0.05, 0) is 24.3 Å². The molecule has 0 spiro atoms. The third kappa shape index (κ3) is 6.02. The van der Waals surface area contributed by atoms with Gasteiger partial charge in [0.1, 0.15) is 11.5 Å². The molecule has 2 aromatic carbocycles. The SMILES string of the molecule is COc1cc(OC)cc(N(CCNCC(F)(F)F)c2ccc3ncc(-c4ccn(C)c4)nc3c2)c1. The normalized spacial score (nSPS) is 11.6. The Morgan fingerprint density at radius 3 is 2.34 bits per heavy atom. The maximum atomic E-state index is 12.7. The van der Waals surface area contributed by atoms with Crippen LogP contribution in [0.2, 0.25) is 0 Å². The summed E-state index contributed by atoms with van der Waals surface area (Å²) in [6.45, 7) is -0.692. The van der Waals surface area contributed by atoms with E-state index >= 15 is 0 Å². The molecule has 10 heteroatoms. The molecule has 2 heterocycles. The molecule has 0 atom stereocenters. The fraction of sp³-hybridized carbons (Fsp3) is 0.280. The second-order valence-corrected chi connectivity index (χ2v) is 8.01. The monoisotopic (exact) mass is 485 g/mol. The summed E-state index contributed by atoms with van der Waals surface area (Å²) in [6, 6.07) is 12.9. The molecular formula is C25H26F3N5O2. The van der Waals surface area contributed by atoms with Gasteiger partial charge in [-0.3, -0.25) is 4.98 Å². The molecule has 0 unspecified atom stereocenters. The van der Waals surface area contributed by atoms with Crippen molar-refractivity contribution in [3.05, 3.63) is 61.1 Å². The van der Waals surface area contributed by atoms with Crippen LogP contribution in [0.1, 0.15) is 0 Å². The van der Waals surface area contributed by atoms with Crippen molar-refractivity contribution in [1.82, 2.24) is 19.9 Å². The molecule has 0 aliphatic rings. The average molecular weight is 486 g/mol. The second kappa shape index (κ2) is 10.2. The van der Waals surface area contributed by atoms with E-state index in [0.29, 0.717) is 28.2 Å². The van der Waals surface area contributed by atoms with Gasteiger partial charge >= 0.3 is 6.18 Å². The van der Waals surface area contributed by atoms with Crippen molar-refractivity contribution in [2.24, 2.45) is 7.05 Å². The van der Waals surface area contributed by atoms with Crippen LogP contribution in [0.3, 0.4) is 0 Å². The Morgan fingerprint density at radius 1 is 0.971 bits per heavy atom. The summed E-state index contributed by atoms with van der Waals surface area (Å²) in [4.78, 5) is 11.2. The van der Waals surface area contributed by atoms with Crippen LogP contribution < -0.4 is 19.7 Å². The number of anilines is 2. The van der Waals surface area contributed by atoms with Gasteiger partial charge in [0.2, 0.25) is 0 Å². The first-order chi connectivity index (χ1) is 16.8. The Morgan fingerprint density at radius 2 is 1.71 bits per heavy atom. The number of halogens is 3. The summed E-state index contributed by atoms with van der Waals surface area (Å²) in [5.74, 6) is 1.14. The molecule has 0 bridgehead atoms. The van der Waals surface area contributed by atoms with Gasteiger partial charge in [0, 0.05) is 67.7 Å². The molecule has 7 nitrogen and oxygen atoms in total. The minimum Gasteiger partial charge on any atom is -0.497 e. The van der Waals surface area contributed by atoms with Crippen LogP contribution in [0, 0.1) is 0 Å². The van der Waals surface area contributed by atoms with Crippen molar-refractivity contribution in [1.29, 1.82) is 0 Å². The summed E-state index contributed by atoms with van der Waals surface area (Å²) in [7, 11) is 5.03. The maximum Gasteiger partial charge on any atom is 0.401 e. The molecule has 1 N–H and O–H groups in total. The molecule has 0 saturated heterocycles. The minimum absolute atomic E-state index is 0.104. The van der Waals surface area contributed by atoms with Gasteiger partial charge in [-0.25, -0.2) is 4.98 Å². The van der Waals surface area contributed by atoms with Crippen LogP contribution in [0.4, 0.5) is 24.5 Å². The highest BCUT2D eigenvalue weighted by Gasteiger charge is 2.26. The van der Waals surface area contributed by atoms with Crippen molar-refractivity contribution in [2.45, 2.75) is 6.18 Å². The van der Waals surface area contributed by atoms with E-state index in [0.717, 1.165) is 16.9 Å². The zero-order valence-corrected chi connectivity index (χ0v) is 19.6. The number of benzene rings is 2. The van der Waals surface area contributed by atoms with E-state index in [1.165, 1.54) is 0 Å². The number of nitrogens with one attached hydrogen (secondary N) is 1. The topological polar surface area (TPSA) is 64.4 Å². The van der Waals surface area contributed by atoms with E-state index in [9.17, 15) is 13.2 Å². The first-order valence-electron chi connectivity index (χ1n) is 10.9. The largest absolute Gasteiger partial charge is 0.497 e. The Hall–Kier alpha value is -3.79. The number of nitrogens with zero attached hydrogens (tertiary/aromatic N) is 4. The van der Waals surface area contributed by atoms with Crippen molar-refractivity contribution < 1.29 is 22.6 Å². The molecule has 2 aromatic heterocycles. The van der Waals surface area contributed by atoms with Crippen molar-refractivity contribution >= 4 is 22.4 Å². The average Bonchev–Trinajstić information content (AvgIpc) is 3.28. The Bertz CT molecular complexity index is 1280. The molecule has 0 aliphatic carbocycles. The van der Waals surface area contributed by atoms with Crippen molar-refractivity contribution in [3.8, 4) is 22.8 Å². The molecule has 4 rings (SSSR count).